The Bertz CT molecular complexity index is 1470. The number of amides is 1. The number of aromatic nitrogens is 4. The fourth-order valence-corrected chi connectivity index (χ4v) is 4.23. The van der Waals surface area contributed by atoms with Crippen LogP contribution < -0.4 is 10.6 Å². The lowest BCUT2D eigenvalue weighted by Gasteiger charge is -2.19. The normalized spacial score (nSPS) is 12.5. The van der Waals surface area contributed by atoms with E-state index in [1.165, 1.54) is 24.4 Å². The maximum atomic E-state index is 13.3. The molecule has 0 fully saturated rings. The third kappa shape index (κ3) is 4.60. The van der Waals surface area contributed by atoms with Crippen LogP contribution in [0.4, 0.5) is 10.2 Å². The number of hydrogen-bond donors (Lipinski definition) is 2. The van der Waals surface area contributed by atoms with Crippen LogP contribution in [0, 0.1) is 5.82 Å². The third-order valence-electron chi connectivity index (χ3n) is 5.39. The van der Waals surface area contributed by atoms with Gasteiger partial charge in [0, 0.05) is 24.9 Å². The van der Waals surface area contributed by atoms with Crippen molar-refractivity contribution in [3.05, 3.63) is 71.9 Å². The molecule has 4 aromatic rings. The summed E-state index contributed by atoms with van der Waals surface area (Å²) in [5.74, 6) is -0.358. The van der Waals surface area contributed by atoms with Crippen LogP contribution in [0.2, 0.25) is 0 Å². The molecule has 4 rings (SSSR count). The number of carbonyl (C=O) groups excluding carboxylic acids is 1. The van der Waals surface area contributed by atoms with Crippen molar-refractivity contribution in [2.24, 2.45) is 0 Å². The lowest BCUT2D eigenvalue weighted by atomic mass is 10.0. The molecule has 1 amide bonds. The third-order valence-corrected chi connectivity index (χ3v) is 6.36. The van der Waals surface area contributed by atoms with E-state index in [2.05, 4.69) is 25.7 Å². The van der Waals surface area contributed by atoms with Gasteiger partial charge in [-0.2, -0.15) is 5.10 Å². The Kier molecular flexibility index (Phi) is 6.29. The first-order chi connectivity index (χ1) is 16.2. The second-order valence-electron chi connectivity index (χ2n) is 7.73. The largest absolute Gasteiger partial charge is 0.373 e. The summed E-state index contributed by atoms with van der Waals surface area (Å²) in [7, 11) is -1.90. The summed E-state index contributed by atoms with van der Waals surface area (Å²) >= 11 is 0. The molecule has 0 aliphatic rings. The summed E-state index contributed by atoms with van der Waals surface area (Å²) in [6.07, 6.45) is 6.20. The number of carbonyl (C=O) groups is 1. The van der Waals surface area contributed by atoms with E-state index < -0.39 is 15.9 Å². The van der Waals surface area contributed by atoms with E-state index >= 15 is 0 Å². The lowest BCUT2D eigenvalue weighted by Crippen LogP contribution is -2.28. The van der Waals surface area contributed by atoms with Crippen molar-refractivity contribution < 1.29 is 17.6 Å². The number of benzene rings is 1. The standard InChI is InChI=1S/C23H23FN6O3S/c1-4-19(14-9-21(25-2)29-22(10-14)34(3,32)33)28-23(31)18-11-26-13-20-17(18)12-27-30(20)16-7-5-15(24)6-8-16/h5-13,19H,4H2,1-3H3,(H,25,29)(H,28,31)/t19-/m0/s1. The van der Waals surface area contributed by atoms with Crippen LogP contribution in [-0.4, -0.2) is 47.4 Å². The quantitative estimate of drug-likeness (QED) is 0.415. The van der Waals surface area contributed by atoms with Gasteiger partial charge in [-0.3, -0.25) is 9.78 Å². The minimum Gasteiger partial charge on any atom is -0.373 e. The molecule has 0 aliphatic carbocycles. The number of nitrogens with one attached hydrogen (secondary N) is 2. The molecule has 0 spiro atoms. The molecular formula is C23H23FN6O3S. The molecule has 3 heterocycles. The van der Waals surface area contributed by atoms with Crippen molar-refractivity contribution in [3.8, 4) is 5.69 Å². The molecule has 176 valence electrons. The topological polar surface area (TPSA) is 119 Å². The average Bonchev–Trinajstić information content (AvgIpc) is 3.26. The predicted octanol–water partition coefficient (Wildman–Crippen LogP) is 3.28. The molecule has 0 saturated heterocycles. The van der Waals surface area contributed by atoms with Gasteiger partial charge in [0.25, 0.3) is 5.91 Å². The number of halogens is 1. The number of hydrogen-bond acceptors (Lipinski definition) is 7. The van der Waals surface area contributed by atoms with E-state index in [-0.39, 0.29) is 16.8 Å². The maximum Gasteiger partial charge on any atom is 0.254 e. The fourth-order valence-electron chi connectivity index (χ4n) is 3.61. The van der Waals surface area contributed by atoms with Crippen LogP contribution in [0.15, 0.2) is 60.0 Å². The van der Waals surface area contributed by atoms with Gasteiger partial charge in [0.2, 0.25) is 0 Å². The van der Waals surface area contributed by atoms with Gasteiger partial charge in [-0.25, -0.2) is 22.5 Å². The van der Waals surface area contributed by atoms with E-state index in [4.69, 9.17) is 0 Å². The number of rotatable bonds is 7. The minimum absolute atomic E-state index is 0.0774. The van der Waals surface area contributed by atoms with Crippen LogP contribution >= 0.6 is 0 Å². The monoisotopic (exact) mass is 482 g/mol. The zero-order valence-corrected chi connectivity index (χ0v) is 19.6. The fraction of sp³-hybridized carbons (Fsp3) is 0.217. The molecule has 9 nitrogen and oxygen atoms in total. The van der Waals surface area contributed by atoms with Crippen molar-refractivity contribution >= 4 is 32.5 Å². The van der Waals surface area contributed by atoms with Crippen LogP contribution in [0.1, 0.15) is 35.3 Å². The van der Waals surface area contributed by atoms with Crippen molar-refractivity contribution in [2.45, 2.75) is 24.4 Å². The van der Waals surface area contributed by atoms with Crippen molar-refractivity contribution in [3.63, 3.8) is 0 Å². The summed E-state index contributed by atoms with van der Waals surface area (Å²) in [6, 6.07) is 8.54. The molecule has 34 heavy (non-hydrogen) atoms. The van der Waals surface area contributed by atoms with E-state index in [0.717, 1.165) is 6.26 Å². The Balaban J connectivity index is 1.68. The summed E-state index contributed by atoms with van der Waals surface area (Å²) in [5, 5.41) is 10.7. The number of nitrogens with zero attached hydrogens (tertiary/aromatic N) is 4. The molecule has 1 aromatic carbocycles. The first-order valence-corrected chi connectivity index (χ1v) is 12.4. The Hall–Kier alpha value is -3.86. The SMILES string of the molecule is CC[C@H](NC(=O)c1cncc2c1cnn2-c1ccc(F)cc1)c1cc(NC)nc(S(C)(=O)=O)c1. The predicted molar refractivity (Wildman–Crippen MR) is 126 cm³/mol. The van der Waals surface area contributed by atoms with Gasteiger partial charge >= 0.3 is 0 Å². The molecule has 0 unspecified atom stereocenters. The van der Waals surface area contributed by atoms with Gasteiger partial charge in [0.15, 0.2) is 14.9 Å². The Labute approximate surface area is 196 Å². The van der Waals surface area contributed by atoms with Crippen LogP contribution in [0.3, 0.4) is 0 Å². The highest BCUT2D eigenvalue weighted by molar-refractivity contribution is 7.90. The molecular weight excluding hydrogens is 459 g/mol. The van der Waals surface area contributed by atoms with Crippen LogP contribution in [0.25, 0.3) is 16.6 Å². The zero-order valence-electron chi connectivity index (χ0n) is 18.8. The highest BCUT2D eigenvalue weighted by atomic mass is 32.2. The number of anilines is 1. The molecule has 0 bridgehead atoms. The summed E-state index contributed by atoms with van der Waals surface area (Å²) < 4.78 is 39.0. The Morgan fingerprint density at radius 3 is 2.53 bits per heavy atom. The van der Waals surface area contributed by atoms with Crippen LogP contribution in [0.5, 0.6) is 0 Å². The second-order valence-corrected chi connectivity index (χ2v) is 9.70. The summed E-state index contributed by atoms with van der Waals surface area (Å²) in [4.78, 5) is 21.5. The van der Waals surface area contributed by atoms with E-state index in [0.29, 0.717) is 40.0 Å². The Morgan fingerprint density at radius 2 is 1.88 bits per heavy atom. The minimum atomic E-state index is -3.54. The van der Waals surface area contributed by atoms with E-state index in [9.17, 15) is 17.6 Å². The van der Waals surface area contributed by atoms with Gasteiger partial charge in [-0.1, -0.05) is 6.92 Å². The molecule has 0 saturated carbocycles. The van der Waals surface area contributed by atoms with Gasteiger partial charge in [0.1, 0.15) is 11.6 Å². The number of fused-ring (bicyclic) bond motifs is 1. The smallest absolute Gasteiger partial charge is 0.254 e. The number of pyridine rings is 2. The van der Waals surface area contributed by atoms with Gasteiger partial charge in [0.05, 0.1) is 35.2 Å². The van der Waals surface area contributed by atoms with Gasteiger partial charge < -0.3 is 10.6 Å². The van der Waals surface area contributed by atoms with Gasteiger partial charge in [-0.15, -0.1) is 0 Å². The molecule has 2 N–H and O–H groups in total. The average molecular weight is 483 g/mol. The first-order valence-electron chi connectivity index (χ1n) is 10.5. The molecule has 0 aliphatic heterocycles. The highest BCUT2D eigenvalue weighted by Gasteiger charge is 2.21. The summed E-state index contributed by atoms with van der Waals surface area (Å²) in [6.45, 7) is 1.88. The van der Waals surface area contributed by atoms with E-state index in [1.54, 1.807) is 42.3 Å². The van der Waals surface area contributed by atoms with Crippen molar-refractivity contribution in [2.75, 3.05) is 18.6 Å². The number of sulfone groups is 1. The second kappa shape index (κ2) is 9.18. The zero-order chi connectivity index (χ0) is 24.5. The van der Waals surface area contributed by atoms with Crippen molar-refractivity contribution in [1.29, 1.82) is 0 Å². The maximum absolute atomic E-state index is 13.3. The Morgan fingerprint density at radius 1 is 1.15 bits per heavy atom. The van der Waals surface area contributed by atoms with Crippen molar-refractivity contribution in [1.82, 2.24) is 25.1 Å². The molecule has 3 aromatic heterocycles. The van der Waals surface area contributed by atoms with E-state index in [1.807, 2.05) is 6.92 Å². The molecule has 0 radical (unpaired) electrons. The lowest BCUT2D eigenvalue weighted by molar-refractivity contribution is 0.0937. The van der Waals surface area contributed by atoms with Crippen LogP contribution in [-0.2, 0) is 9.84 Å². The first kappa shape index (κ1) is 23.3. The van der Waals surface area contributed by atoms with Gasteiger partial charge in [-0.05, 0) is 48.4 Å². The molecule has 11 heteroatoms. The molecule has 1 atom stereocenters. The summed E-state index contributed by atoms with van der Waals surface area (Å²) in [5.41, 5.74) is 2.15. The highest BCUT2D eigenvalue weighted by Crippen LogP contribution is 2.25.